The van der Waals surface area contributed by atoms with Crippen molar-refractivity contribution in [2.75, 3.05) is 11.9 Å². The highest BCUT2D eigenvalue weighted by Crippen LogP contribution is 2.36. The van der Waals surface area contributed by atoms with Gasteiger partial charge in [-0.15, -0.1) is 0 Å². The van der Waals surface area contributed by atoms with Crippen LogP contribution in [0.3, 0.4) is 0 Å². The van der Waals surface area contributed by atoms with Gasteiger partial charge < -0.3 is 9.88 Å². The van der Waals surface area contributed by atoms with Crippen molar-refractivity contribution in [3.05, 3.63) is 42.0 Å². The van der Waals surface area contributed by atoms with Crippen LogP contribution in [0.15, 0.2) is 35.5 Å². The van der Waals surface area contributed by atoms with Gasteiger partial charge >= 0.3 is 0 Å². The van der Waals surface area contributed by atoms with E-state index in [1.165, 1.54) is 0 Å². The van der Waals surface area contributed by atoms with Crippen molar-refractivity contribution in [2.45, 2.75) is 56.5 Å². The molecule has 1 aromatic carbocycles. The van der Waals surface area contributed by atoms with Crippen molar-refractivity contribution in [3.8, 4) is 0 Å². The number of nitrogens with zero attached hydrogens (tertiary/aromatic N) is 3. The maximum atomic E-state index is 13.4. The third-order valence-electron chi connectivity index (χ3n) is 5.42. The number of hydrogen-bond donors (Lipinski definition) is 1. The first-order valence-corrected chi connectivity index (χ1v) is 10.9. The predicted octanol–water partition coefficient (Wildman–Crippen LogP) is 2.70. The molecule has 1 aromatic heterocycles. The number of benzene rings is 1. The summed E-state index contributed by atoms with van der Waals surface area (Å²) in [5, 5.41) is 2.80. The Hall–Kier alpha value is -2.19. The minimum Gasteiger partial charge on any atom is -0.334 e. The van der Waals surface area contributed by atoms with E-state index < -0.39 is 10.0 Å². The average molecular weight is 388 g/mol. The number of imidazole rings is 1. The lowest BCUT2D eigenvalue weighted by Crippen LogP contribution is -2.39. The molecule has 0 saturated carbocycles. The van der Waals surface area contributed by atoms with E-state index in [-0.39, 0.29) is 11.9 Å². The fourth-order valence-electron chi connectivity index (χ4n) is 3.99. The molecular formula is C19H24N4O3S. The Morgan fingerprint density at radius 3 is 2.93 bits per heavy atom. The number of anilines is 1. The second-order valence-electron chi connectivity index (χ2n) is 7.07. The highest BCUT2D eigenvalue weighted by Gasteiger charge is 2.36. The van der Waals surface area contributed by atoms with Crippen LogP contribution in [0.5, 0.6) is 0 Å². The minimum absolute atomic E-state index is 0.0272. The molecule has 4 rings (SSSR count). The van der Waals surface area contributed by atoms with Crippen LogP contribution in [-0.2, 0) is 27.8 Å². The maximum Gasteiger partial charge on any atom is 0.243 e. The largest absolute Gasteiger partial charge is 0.334 e. The number of hydrogen-bond acceptors (Lipinski definition) is 4. The Kier molecular flexibility index (Phi) is 4.77. The number of carbonyl (C=O) groups is 1. The SMILES string of the molecule is CCn1ccnc1C1CCCCN1S(=O)(=O)c1ccc2c(c1)CCC(=O)N2. The van der Waals surface area contributed by atoms with Gasteiger partial charge in [-0.1, -0.05) is 6.42 Å². The lowest BCUT2D eigenvalue weighted by Gasteiger charge is -2.34. The summed E-state index contributed by atoms with van der Waals surface area (Å²) in [6, 6.07) is 4.76. The smallest absolute Gasteiger partial charge is 0.243 e. The number of rotatable bonds is 4. The molecule has 7 nitrogen and oxygen atoms in total. The van der Waals surface area contributed by atoms with Crippen molar-refractivity contribution < 1.29 is 13.2 Å². The molecule has 1 N–H and O–H groups in total. The molecule has 144 valence electrons. The molecule has 0 spiro atoms. The van der Waals surface area contributed by atoms with Crippen molar-refractivity contribution in [3.63, 3.8) is 0 Å². The van der Waals surface area contributed by atoms with E-state index in [2.05, 4.69) is 10.3 Å². The van der Waals surface area contributed by atoms with Crippen molar-refractivity contribution in [2.24, 2.45) is 0 Å². The number of aryl methyl sites for hydroxylation is 2. The monoisotopic (exact) mass is 388 g/mol. The summed E-state index contributed by atoms with van der Waals surface area (Å²) in [5.41, 5.74) is 1.58. The van der Waals surface area contributed by atoms with E-state index in [1.54, 1.807) is 28.7 Å². The van der Waals surface area contributed by atoms with Crippen LogP contribution in [0.4, 0.5) is 5.69 Å². The van der Waals surface area contributed by atoms with Gasteiger partial charge in [0.2, 0.25) is 15.9 Å². The van der Waals surface area contributed by atoms with Crippen LogP contribution >= 0.6 is 0 Å². The summed E-state index contributed by atoms with van der Waals surface area (Å²) >= 11 is 0. The molecule has 8 heteroatoms. The molecule has 3 heterocycles. The molecule has 27 heavy (non-hydrogen) atoms. The zero-order valence-electron chi connectivity index (χ0n) is 15.4. The van der Waals surface area contributed by atoms with Gasteiger partial charge in [-0.3, -0.25) is 4.79 Å². The summed E-state index contributed by atoms with van der Waals surface area (Å²) in [6.07, 6.45) is 7.20. The Morgan fingerprint density at radius 2 is 2.11 bits per heavy atom. The van der Waals surface area contributed by atoms with Gasteiger partial charge in [0.25, 0.3) is 0 Å². The molecule has 2 aromatic rings. The van der Waals surface area contributed by atoms with Gasteiger partial charge in [-0.2, -0.15) is 4.31 Å². The predicted molar refractivity (Wildman–Crippen MR) is 102 cm³/mol. The summed E-state index contributed by atoms with van der Waals surface area (Å²) in [5.74, 6) is 0.784. The van der Waals surface area contributed by atoms with Crippen molar-refractivity contribution in [1.82, 2.24) is 13.9 Å². The number of aromatic nitrogens is 2. The zero-order chi connectivity index (χ0) is 19.0. The fourth-order valence-corrected chi connectivity index (χ4v) is 5.70. The summed E-state index contributed by atoms with van der Waals surface area (Å²) in [6.45, 7) is 3.29. The third-order valence-corrected chi connectivity index (χ3v) is 7.32. The first-order chi connectivity index (χ1) is 13.0. The second kappa shape index (κ2) is 7.09. The molecule has 1 fully saturated rings. The van der Waals surface area contributed by atoms with Crippen molar-refractivity contribution in [1.29, 1.82) is 0 Å². The highest BCUT2D eigenvalue weighted by molar-refractivity contribution is 7.89. The van der Waals surface area contributed by atoms with Crippen molar-refractivity contribution >= 4 is 21.6 Å². The van der Waals surface area contributed by atoms with Gasteiger partial charge in [0.05, 0.1) is 10.9 Å². The molecule has 1 amide bonds. The summed E-state index contributed by atoms with van der Waals surface area (Å²) < 4.78 is 30.5. The number of fused-ring (bicyclic) bond motifs is 1. The van der Waals surface area contributed by atoms with Gasteiger partial charge in [-0.05, 0) is 49.9 Å². The summed E-state index contributed by atoms with van der Waals surface area (Å²) in [4.78, 5) is 16.3. The van der Waals surface area contributed by atoms with Crippen LogP contribution in [0.25, 0.3) is 0 Å². The first-order valence-electron chi connectivity index (χ1n) is 9.46. The normalized spacial score (nSPS) is 20.9. The number of piperidine rings is 1. The van der Waals surface area contributed by atoms with Gasteiger partial charge in [-0.25, -0.2) is 13.4 Å². The Labute approximate surface area is 159 Å². The van der Waals surface area contributed by atoms with E-state index in [0.717, 1.165) is 37.2 Å². The van der Waals surface area contributed by atoms with Crippen LogP contribution in [0, 0.1) is 0 Å². The van der Waals surface area contributed by atoms with Crippen LogP contribution in [0.2, 0.25) is 0 Å². The molecule has 0 radical (unpaired) electrons. The molecular weight excluding hydrogens is 364 g/mol. The van der Waals surface area contributed by atoms with Crippen LogP contribution in [0.1, 0.15) is 50.0 Å². The van der Waals surface area contributed by atoms with E-state index in [9.17, 15) is 13.2 Å². The number of sulfonamides is 1. The van der Waals surface area contributed by atoms with Crippen LogP contribution < -0.4 is 5.32 Å². The molecule has 1 atom stereocenters. The van der Waals surface area contributed by atoms with Crippen LogP contribution in [-0.4, -0.2) is 34.7 Å². The first kappa shape index (κ1) is 18.2. The standard InChI is InChI=1S/C19H24N4O3S/c1-2-22-12-10-20-19(22)17-5-3-4-11-23(17)27(25,26)15-7-8-16-14(13-15)6-9-18(24)21-16/h7-8,10,12-13,17H,2-6,9,11H2,1H3,(H,21,24). The van der Waals surface area contributed by atoms with E-state index in [1.807, 2.05) is 17.7 Å². The molecule has 0 bridgehead atoms. The molecule has 1 unspecified atom stereocenters. The lowest BCUT2D eigenvalue weighted by molar-refractivity contribution is -0.116. The molecule has 2 aliphatic heterocycles. The van der Waals surface area contributed by atoms with Gasteiger partial charge in [0.15, 0.2) is 0 Å². The average Bonchev–Trinajstić information content (AvgIpc) is 3.16. The third kappa shape index (κ3) is 3.27. The fraction of sp³-hybridized carbons (Fsp3) is 0.474. The maximum absolute atomic E-state index is 13.4. The van der Waals surface area contributed by atoms with E-state index >= 15 is 0 Å². The second-order valence-corrected chi connectivity index (χ2v) is 8.96. The number of carbonyl (C=O) groups excluding carboxylic acids is 1. The van der Waals surface area contributed by atoms with Gasteiger partial charge in [0.1, 0.15) is 5.82 Å². The molecule has 1 saturated heterocycles. The molecule has 2 aliphatic rings. The number of amides is 1. The lowest BCUT2D eigenvalue weighted by atomic mass is 10.0. The topological polar surface area (TPSA) is 84.3 Å². The van der Waals surface area contributed by atoms with E-state index in [0.29, 0.717) is 30.0 Å². The summed E-state index contributed by atoms with van der Waals surface area (Å²) in [7, 11) is -3.64. The Morgan fingerprint density at radius 1 is 1.26 bits per heavy atom. The molecule has 0 aliphatic carbocycles. The van der Waals surface area contributed by atoms with E-state index in [4.69, 9.17) is 0 Å². The minimum atomic E-state index is -3.64. The quantitative estimate of drug-likeness (QED) is 0.873. The highest BCUT2D eigenvalue weighted by atomic mass is 32.2. The number of nitrogens with one attached hydrogen (secondary N) is 1. The Bertz CT molecular complexity index is 967. The zero-order valence-corrected chi connectivity index (χ0v) is 16.2. The van der Waals surface area contributed by atoms with Gasteiger partial charge in [0, 0.05) is 37.6 Å². The Balaban J connectivity index is 1.70.